The van der Waals surface area contributed by atoms with E-state index in [1.54, 1.807) is 0 Å². The van der Waals surface area contributed by atoms with Gasteiger partial charge in [0.25, 0.3) is 6.71 Å². The van der Waals surface area contributed by atoms with Gasteiger partial charge in [0, 0.05) is 56.4 Å². The number of furan rings is 2. The van der Waals surface area contributed by atoms with E-state index in [0.29, 0.717) is 0 Å². The highest BCUT2D eigenvalue weighted by atomic mass is 16.7. The van der Waals surface area contributed by atoms with E-state index in [-0.39, 0.29) is 18.9 Å². The van der Waals surface area contributed by atoms with E-state index in [4.69, 9.17) is 18.3 Å². The SMILES string of the molecule is Cc1cc2c3c(c1)N(c1ccc4c(c1)OCO4)c1ccc(C(C)(C)C)cc1B3c1cc(-c3cc4ccccc4o3)ccc1N2c1ccc(-c2cc3ccccc3o2)cc1. The van der Waals surface area contributed by atoms with Gasteiger partial charge in [-0.2, -0.15) is 0 Å². The second-order valence-corrected chi connectivity index (χ2v) is 17.0. The molecule has 3 aliphatic rings. The summed E-state index contributed by atoms with van der Waals surface area (Å²) in [5.41, 5.74) is 16.7. The second-order valence-electron chi connectivity index (χ2n) is 17.0. The molecule has 12 rings (SSSR count). The molecule has 0 spiro atoms. The molecule has 0 bridgehead atoms. The molecule has 0 atom stereocenters. The van der Waals surface area contributed by atoms with E-state index >= 15 is 0 Å². The summed E-state index contributed by atoms with van der Waals surface area (Å²) in [6.45, 7) is 9.24. The lowest BCUT2D eigenvalue weighted by Crippen LogP contribution is -2.61. The Morgan fingerprint density at radius 3 is 1.76 bits per heavy atom. The minimum absolute atomic E-state index is 0.0593. The number of hydrogen-bond acceptors (Lipinski definition) is 6. The molecule has 59 heavy (non-hydrogen) atoms. The van der Waals surface area contributed by atoms with Crippen molar-refractivity contribution in [3.63, 3.8) is 0 Å². The van der Waals surface area contributed by atoms with Crippen molar-refractivity contribution < 1.29 is 18.3 Å². The molecule has 5 heterocycles. The van der Waals surface area contributed by atoms with Crippen LogP contribution in [0.2, 0.25) is 0 Å². The van der Waals surface area contributed by atoms with Gasteiger partial charge in [-0.1, -0.05) is 75.4 Å². The number of nitrogens with zero attached hydrogens (tertiary/aromatic N) is 2. The lowest BCUT2D eigenvalue weighted by atomic mass is 9.33. The summed E-state index contributed by atoms with van der Waals surface area (Å²) in [7, 11) is 0. The Hall–Kier alpha value is -7.12. The first-order valence-corrected chi connectivity index (χ1v) is 20.3. The Bertz CT molecular complexity index is 3110. The van der Waals surface area contributed by atoms with Crippen molar-refractivity contribution in [2.45, 2.75) is 33.1 Å². The summed E-state index contributed by atoms with van der Waals surface area (Å²) in [5, 5.41) is 2.18. The van der Waals surface area contributed by atoms with Crippen molar-refractivity contribution in [3.05, 3.63) is 163 Å². The molecule has 0 aliphatic carbocycles. The van der Waals surface area contributed by atoms with Gasteiger partial charge in [-0.05, 0) is 131 Å². The van der Waals surface area contributed by atoms with E-state index in [1.807, 2.05) is 36.4 Å². The number of aryl methyl sites for hydroxylation is 1. The van der Waals surface area contributed by atoms with Crippen LogP contribution in [0.1, 0.15) is 31.9 Å². The molecule has 3 aliphatic heterocycles. The van der Waals surface area contributed by atoms with Crippen LogP contribution >= 0.6 is 0 Å². The number of ether oxygens (including phenoxy) is 2. The number of rotatable bonds is 4. The largest absolute Gasteiger partial charge is 0.456 e. The average molecular weight is 767 g/mol. The predicted octanol–water partition coefficient (Wildman–Crippen LogP) is 11.9. The maximum atomic E-state index is 6.52. The summed E-state index contributed by atoms with van der Waals surface area (Å²) in [5.74, 6) is 3.23. The molecule has 284 valence electrons. The molecule has 0 unspecified atom stereocenters. The van der Waals surface area contributed by atoms with Gasteiger partial charge in [0.1, 0.15) is 22.7 Å². The summed E-state index contributed by atoms with van der Waals surface area (Å²) in [6.07, 6.45) is 0. The number of anilines is 6. The molecule has 6 nitrogen and oxygen atoms in total. The Labute approximate surface area is 342 Å². The fourth-order valence-electron chi connectivity index (χ4n) is 9.37. The van der Waals surface area contributed by atoms with Crippen LogP contribution in [0.3, 0.4) is 0 Å². The van der Waals surface area contributed by atoms with Gasteiger partial charge in [-0.3, -0.25) is 0 Å². The lowest BCUT2D eigenvalue weighted by molar-refractivity contribution is 0.174. The molecule has 0 N–H and O–H groups in total. The van der Waals surface area contributed by atoms with Gasteiger partial charge in [0.05, 0.1) is 5.69 Å². The third-order valence-electron chi connectivity index (χ3n) is 12.2. The fourth-order valence-corrected chi connectivity index (χ4v) is 9.37. The molecular weight excluding hydrogens is 727 g/mol. The van der Waals surface area contributed by atoms with E-state index < -0.39 is 0 Å². The van der Waals surface area contributed by atoms with Crippen LogP contribution in [0.4, 0.5) is 34.1 Å². The molecule has 2 aromatic heterocycles. The zero-order valence-electron chi connectivity index (χ0n) is 33.2. The number of hydrogen-bond donors (Lipinski definition) is 0. The van der Waals surface area contributed by atoms with Crippen LogP contribution in [-0.2, 0) is 5.41 Å². The quantitative estimate of drug-likeness (QED) is 0.166. The van der Waals surface area contributed by atoms with E-state index in [1.165, 1.54) is 27.5 Å². The van der Waals surface area contributed by atoms with Crippen molar-refractivity contribution in [2.75, 3.05) is 16.6 Å². The normalized spacial score (nSPS) is 13.9. The van der Waals surface area contributed by atoms with Crippen molar-refractivity contribution in [2.24, 2.45) is 0 Å². The zero-order valence-corrected chi connectivity index (χ0v) is 33.2. The van der Waals surface area contributed by atoms with Crippen LogP contribution in [-0.4, -0.2) is 13.5 Å². The molecule has 7 aromatic carbocycles. The molecular formula is C52H39BN2O4. The van der Waals surface area contributed by atoms with E-state index in [9.17, 15) is 0 Å². The minimum Gasteiger partial charge on any atom is -0.456 e. The maximum absolute atomic E-state index is 6.52. The monoisotopic (exact) mass is 766 g/mol. The van der Waals surface area contributed by atoms with Gasteiger partial charge in [0.15, 0.2) is 11.5 Å². The Balaban J connectivity index is 1.11. The third kappa shape index (κ3) is 5.27. The highest BCUT2D eigenvalue weighted by molar-refractivity contribution is 7.00. The lowest BCUT2D eigenvalue weighted by Gasteiger charge is -2.44. The first kappa shape index (κ1) is 34.0. The van der Waals surface area contributed by atoms with Gasteiger partial charge in [0.2, 0.25) is 6.79 Å². The Morgan fingerprint density at radius 2 is 1.08 bits per heavy atom. The van der Waals surface area contributed by atoms with Crippen molar-refractivity contribution >= 4 is 79.2 Å². The summed E-state index contributed by atoms with van der Waals surface area (Å²) in [4.78, 5) is 4.86. The average Bonchev–Trinajstić information content (AvgIpc) is 4.01. The zero-order chi connectivity index (χ0) is 39.6. The molecule has 0 saturated heterocycles. The molecule has 7 heteroatoms. The van der Waals surface area contributed by atoms with Crippen molar-refractivity contribution in [3.8, 4) is 34.1 Å². The van der Waals surface area contributed by atoms with Gasteiger partial charge >= 0.3 is 0 Å². The van der Waals surface area contributed by atoms with Gasteiger partial charge in [-0.25, -0.2) is 0 Å². The van der Waals surface area contributed by atoms with Gasteiger partial charge in [-0.15, -0.1) is 0 Å². The highest BCUT2D eigenvalue weighted by Gasteiger charge is 2.44. The predicted molar refractivity (Wildman–Crippen MR) is 240 cm³/mol. The summed E-state index contributed by atoms with van der Waals surface area (Å²) in [6, 6.07) is 54.4. The molecule has 0 fully saturated rings. The highest BCUT2D eigenvalue weighted by Crippen LogP contribution is 2.47. The number of para-hydroxylation sites is 2. The molecule has 9 aromatic rings. The minimum atomic E-state index is -0.0615. The second kappa shape index (κ2) is 12.4. The first-order valence-electron chi connectivity index (χ1n) is 20.3. The maximum Gasteiger partial charge on any atom is 0.252 e. The van der Waals surface area contributed by atoms with Gasteiger partial charge < -0.3 is 28.1 Å². The summed E-state index contributed by atoms with van der Waals surface area (Å²) < 4.78 is 24.5. The molecule has 0 amide bonds. The van der Waals surface area contributed by atoms with Crippen LogP contribution < -0.4 is 35.7 Å². The van der Waals surface area contributed by atoms with Crippen molar-refractivity contribution in [1.29, 1.82) is 0 Å². The first-order chi connectivity index (χ1) is 28.7. The number of fused-ring (bicyclic) bond motifs is 7. The number of benzene rings is 7. The van der Waals surface area contributed by atoms with Crippen LogP contribution in [0.25, 0.3) is 44.6 Å². The smallest absolute Gasteiger partial charge is 0.252 e. The standard InChI is InChI=1S/C52H39BN2O4/c1-31-23-43-51-44(24-31)55(38-19-22-47-50(29-38)57-30-56-47)42-21-16-36(52(2,3)4)28-40(42)53(51)39-25-35(49-27-34-10-6-8-12-46(34)59-49)15-20-41(39)54(43)37-17-13-32(14-18-37)48-26-33-9-5-7-11-45(33)58-48/h5-29H,30H2,1-4H3. The van der Waals surface area contributed by atoms with Crippen LogP contribution in [0.5, 0.6) is 11.5 Å². The topological polar surface area (TPSA) is 51.2 Å². The molecule has 0 saturated carbocycles. The fraction of sp³-hybridized carbons (Fsp3) is 0.115. The van der Waals surface area contributed by atoms with E-state index in [0.717, 1.165) is 90.2 Å². The van der Waals surface area contributed by atoms with Crippen molar-refractivity contribution in [1.82, 2.24) is 0 Å². The Morgan fingerprint density at radius 1 is 0.508 bits per heavy atom. The van der Waals surface area contributed by atoms with Crippen LogP contribution in [0, 0.1) is 6.92 Å². The third-order valence-corrected chi connectivity index (χ3v) is 12.2. The Kier molecular flexibility index (Phi) is 7.16. The molecule has 0 radical (unpaired) electrons. The van der Waals surface area contributed by atoms with Crippen LogP contribution in [0.15, 0.2) is 160 Å². The summed E-state index contributed by atoms with van der Waals surface area (Å²) >= 11 is 0. The van der Waals surface area contributed by atoms with E-state index in [2.05, 4.69) is 153 Å².